The van der Waals surface area contributed by atoms with Gasteiger partial charge in [0.2, 0.25) is 0 Å². The third-order valence-electron chi connectivity index (χ3n) is 1.83. The topological polar surface area (TPSA) is 9.23 Å². The first kappa shape index (κ1) is 13.0. The molecule has 0 saturated heterocycles. The highest BCUT2D eigenvalue weighted by Crippen LogP contribution is 2.23. The van der Waals surface area contributed by atoms with Crippen LogP contribution < -0.4 is 0 Å². The van der Waals surface area contributed by atoms with Crippen molar-refractivity contribution < 1.29 is 4.74 Å². The second kappa shape index (κ2) is 5.64. The van der Waals surface area contributed by atoms with Gasteiger partial charge in [0.05, 0.1) is 6.10 Å². The quantitative estimate of drug-likeness (QED) is 0.634. The van der Waals surface area contributed by atoms with Gasteiger partial charge >= 0.3 is 0 Å². The Morgan fingerprint density at radius 3 is 2.08 bits per heavy atom. The molecule has 0 aliphatic heterocycles. The molecule has 0 amide bonds. The molecule has 1 nitrogen and oxygen atoms in total. The molecule has 13 heavy (non-hydrogen) atoms. The second-order valence-corrected chi connectivity index (χ2v) is 5.40. The molecule has 0 aliphatic carbocycles. The van der Waals surface area contributed by atoms with Crippen LogP contribution in [0.4, 0.5) is 0 Å². The molecule has 0 N–H and O–H groups in total. The largest absolute Gasteiger partial charge is 0.378 e. The van der Waals surface area contributed by atoms with Gasteiger partial charge in [0.25, 0.3) is 0 Å². The first-order valence-corrected chi connectivity index (χ1v) is 5.26. The van der Waals surface area contributed by atoms with Crippen LogP contribution in [0.5, 0.6) is 0 Å². The van der Waals surface area contributed by atoms with Gasteiger partial charge in [-0.2, -0.15) is 0 Å². The van der Waals surface area contributed by atoms with Gasteiger partial charge in [-0.25, -0.2) is 0 Å². The van der Waals surface area contributed by atoms with Crippen molar-refractivity contribution in [2.24, 2.45) is 11.3 Å². The molecule has 0 aromatic rings. The smallest absolute Gasteiger partial charge is 0.0580 e. The van der Waals surface area contributed by atoms with Crippen molar-refractivity contribution in [1.82, 2.24) is 0 Å². The molecule has 0 spiro atoms. The summed E-state index contributed by atoms with van der Waals surface area (Å²) >= 11 is 0. The maximum atomic E-state index is 5.77. The van der Waals surface area contributed by atoms with Crippen LogP contribution in [-0.2, 0) is 4.74 Å². The minimum Gasteiger partial charge on any atom is -0.378 e. The molecule has 0 fully saturated rings. The normalized spacial score (nSPS) is 15.0. The van der Waals surface area contributed by atoms with Crippen LogP contribution >= 0.6 is 0 Å². The molecule has 1 heteroatoms. The average molecular weight is 185 g/mol. The Balaban J connectivity index is 3.76. The zero-order chi connectivity index (χ0) is 10.5. The van der Waals surface area contributed by atoms with Crippen LogP contribution in [0.25, 0.3) is 0 Å². The Kier molecular flexibility index (Phi) is 5.62. The van der Waals surface area contributed by atoms with E-state index in [2.05, 4.69) is 41.5 Å². The molecule has 1 radical (unpaired) electrons. The molecule has 0 aromatic carbocycles. The van der Waals surface area contributed by atoms with E-state index in [9.17, 15) is 0 Å². The Bertz CT molecular complexity index is 122. The lowest BCUT2D eigenvalue weighted by molar-refractivity contribution is 0.0131. The van der Waals surface area contributed by atoms with Crippen molar-refractivity contribution in [3.63, 3.8) is 0 Å². The third-order valence-corrected chi connectivity index (χ3v) is 1.83. The highest BCUT2D eigenvalue weighted by Gasteiger charge is 2.17. The molecule has 1 unspecified atom stereocenters. The summed E-state index contributed by atoms with van der Waals surface area (Å²) in [6, 6.07) is 0. The minimum atomic E-state index is 0.336. The maximum absolute atomic E-state index is 5.77. The van der Waals surface area contributed by atoms with Crippen molar-refractivity contribution in [3.8, 4) is 0 Å². The van der Waals surface area contributed by atoms with Crippen LogP contribution in [0.2, 0.25) is 0 Å². The molecule has 0 rings (SSSR count). The van der Waals surface area contributed by atoms with E-state index in [4.69, 9.17) is 4.74 Å². The van der Waals surface area contributed by atoms with Gasteiger partial charge in [-0.1, -0.05) is 41.5 Å². The predicted octanol–water partition coefficient (Wildman–Crippen LogP) is 3.69. The summed E-state index contributed by atoms with van der Waals surface area (Å²) in [6.45, 7) is 15.9. The van der Waals surface area contributed by atoms with Crippen LogP contribution in [0.3, 0.4) is 0 Å². The zero-order valence-corrected chi connectivity index (χ0v) is 9.89. The summed E-state index contributed by atoms with van der Waals surface area (Å²) in [5, 5.41) is 0. The average Bonchev–Trinajstić information content (AvgIpc) is 1.95. The Morgan fingerprint density at radius 2 is 1.77 bits per heavy atom. The molecule has 0 aliphatic rings. The fourth-order valence-corrected chi connectivity index (χ4v) is 1.26. The lowest BCUT2D eigenvalue weighted by Crippen LogP contribution is -2.22. The summed E-state index contributed by atoms with van der Waals surface area (Å²) in [4.78, 5) is 0. The van der Waals surface area contributed by atoms with Crippen molar-refractivity contribution in [2.75, 3.05) is 6.61 Å². The van der Waals surface area contributed by atoms with Crippen LogP contribution in [-0.4, -0.2) is 12.7 Å². The van der Waals surface area contributed by atoms with E-state index in [1.165, 1.54) is 0 Å². The van der Waals surface area contributed by atoms with Gasteiger partial charge in [0.1, 0.15) is 0 Å². The minimum absolute atomic E-state index is 0.336. The maximum Gasteiger partial charge on any atom is 0.0580 e. The summed E-state index contributed by atoms with van der Waals surface area (Å²) in [7, 11) is 0. The fourth-order valence-electron chi connectivity index (χ4n) is 1.26. The second-order valence-electron chi connectivity index (χ2n) is 5.40. The molecule has 0 saturated carbocycles. The first-order chi connectivity index (χ1) is 5.85. The lowest BCUT2D eigenvalue weighted by Gasteiger charge is -2.25. The highest BCUT2D eigenvalue weighted by molar-refractivity contribution is 4.70. The standard InChI is InChI=1S/C12H25O/c1-7-11(8-12(4,5)6)13-9-10(2)3/h10-11H,1,7-9H2,2-6H3. The fraction of sp³-hybridized carbons (Fsp3) is 0.917. The van der Waals surface area contributed by atoms with Gasteiger partial charge in [0.15, 0.2) is 0 Å². The Labute approximate surface area is 83.9 Å². The number of hydrogen-bond donors (Lipinski definition) is 0. The highest BCUT2D eigenvalue weighted by atomic mass is 16.5. The molecular weight excluding hydrogens is 160 g/mol. The summed E-state index contributed by atoms with van der Waals surface area (Å²) in [5.41, 5.74) is 0.347. The van der Waals surface area contributed by atoms with Gasteiger partial charge in [-0.3, -0.25) is 0 Å². The molecule has 0 bridgehead atoms. The summed E-state index contributed by atoms with van der Waals surface area (Å²) in [6.07, 6.45) is 2.31. The van der Waals surface area contributed by atoms with E-state index >= 15 is 0 Å². The number of ether oxygens (including phenoxy) is 1. The van der Waals surface area contributed by atoms with Gasteiger partial charge in [-0.15, -0.1) is 0 Å². The molecule has 0 heterocycles. The molecule has 79 valence electrons. The van der Waals surface area contributed by atoms with E-state index in [1.54, 1.807) is 0 Å². The Hall–Kier alpha value is -0.0400. The monoisotopic (exact) mass is 185 g/mol. The number of rotatable bonds is 5. The van der Waals surface area contributed by atoms with Gasteiger partial charge in [0, 0.05) is 6.61 Å². The first-order valence-electron chi connectivity index (χ1n) is 5.26. The zero-order valence-electron chi connectivity index (χ0n) is 9.89. The van der Waals surface area contributed by atoms with Crippen molar-refractivity contribution in [1.29, 1.82) is 0 Å². The van der Waals surface area contributed by atoms with E-state index in [1.807, 2.05) is 0 Å². The van der Waals surface area contributed by atoms with Crippen molar-refractivity contribution in [2.45, 2.75) is 53.6 Å². The Morgan fingerprint density at radius 1 is 1.23 bits per heavy atom. The predicted molar refractivity (Wildman–Crippen MR) is 58.6 cm³/mol. The van der Waals surface area contributed by atoms with Gasteiger partial charge < -0.3 is 4.74 Å². The van der Waals surface area contributed by atoms with E-state index in [0.29, 0.717) is 17.4 Å². The van der Waals surface area contributed by atoms with E-state index in [0.717, 1.165) is 19.4 Å². The summed E-state index contributed by atoms with van der Waals surface area (Å²) < 4.78 is 5.77. The van der Waals surface area contributed by atoms with E-state index < -0.39 is 0 Å². The van der Waals surface area contributed by atoms with E-state index in [-0.39, 0.29) is 0 Å². The summed E-state index contributed by atoms with van der Waals surface area (Å²) in [5.74, 6) is 0.619. The third kappa shape index (κ3) is 8.29. The SMILES string of the molecule is [CH2]CC(CC(C)(C)C)OCC(C)C. The molecular formula is C12H25O. The molecule has 0 aromatic heterocycles. The van der Waals surface area contributed by atoms with Crippen LogP contribution in [0.15, 0.2) is 0 Å². The van der Waals surface area contributed by atoms with Gasteiger partial charge in [-0.05, 0) is 24.2 Å². The molecule has 1 atom stereocenters. The van der Waals surface area contributed by atoms with Crippen molar-refractivity contribution >= 4 is 0 Å². The van der Waals surface area contributed by atoms with Crippen LogP contribution in [0.1, 0.15) is 47.5 Å². The number of hydrogen-bond acceptors (Lipinski definition) is 1. The van der Waals surface area contributed by atoms with Crippen molar-refractivity contribution in [3.05, 3.63) is 6.92 Å². The lowest BCUT2D eigenvalue weighted by atomic mass is 9.88. The van der Waals surface area contributed by atoms with Crippen LogP contribution in [0, 0.1) is 18.3 Å².